The van der Waals surface area contributed by atoms with Crippen molar-refractivity contribution in [1.82, 2.24) is 0 Å². The third kappa shape index (κ3) is 11.4. The average Bonchev–Trinajstić information content (AvgIpc) is 2.50. The molecule has 0 saturated carbocycles. The highest BCUT2D eigenvalue weighted by Crippen LogP contribution is 2.52. The minimum atomic E-state index is -5.02. The maximum atomic E-state index is 13.5. The van der Waals surface area contributed by atoms with Gasteiger partial charge in [-0.05, 0) is 0 Å². The summed E-state index contributed by atoms with van der Waals surface area (Å²) in [6, 6.07) is 0. The molecule has 0 fully saturated rings. The summed E-state index contributed by atoms with van der Waals surface area (Å²) in [4.78, 5) is 0. The number of rotatable bonds is 15. The largest absolute Gasteiger partial charge is 0.475 e. The summed E-state index contributed by atoms with van der Waals surface area (Å²) in [5.41, 5.74) is 0. The fourth-order valence-electron chi connectivity index (χ4n) is 1.95. The lowest BCUT2D eigenvalue weighted by Gasteiger charge is -2.25. The van der Waals surface area contributed by atoms with Crippen LogP contribution in [0, 0.1) is 0 Å². The van der Waals surface area contributed by atoms with Crippen molar-refractivity contribution >= 4 is 7.82 Å². The van der Waals surface area contributed by atoms with E-state index >= 15 is 0 Å². The second-order valence-electron chi connectivity index (χ2n) is 6.09. The molecule has 0 radical (unpaired) electrons. The van der Waals surface area contributed by atoms with Crippen LogP contribution in [0.15, 0.2) is 0 Å². The molecule has 0 rings (SSSR count). The smallest absolute Gasteiger partial charge is 0.281 e. The molecule has 0 spiro atoms. The van der Waals surface area contributed by atoms with Crippen molar-refractivity contribution in [2.45, 2.75) is 77.1 Å². The molecule has 0 N–H and O–H groups in total. The van der Waals surface area contributed by atoms with Crippen LogP contribution in [-0.4, -0.2) is 37.6 Å². The minimum absolute atomic E-state index is 0.0749. The molecular formula is C15H27F6O4P. The number of phosphoric acid groups is 1. The van der Waals surface area contributed by atoms with Gasteiger partial charge in [0.05, 0.1) is 0 Å². The zero-order chi connectivity index (χ0) is 20.5. The van der Waals surface area contributed by atoms with E-state index in [0.29, 0.717) is 0 Å². The third-order valence-electron chi connectivity index (χ3n) is 3.15. The van der Waals surface area contributed by atoms with Gasteiger partial charge in [-0.2, -0.15) is 0 Å². The Bertz CT molecular complexity index is 386. The van der Waals surface area contributed by atoms with E-state index in [1.807, 2.05) is 0 Å². The maximum absolute atomic E-state index is 13.5. The van der Waals surface area contributed by atoms with Crippen molar-refractivity contribution < 1.29 is 44.5 Å². The van der Waals surface area contributed by atoms with Gasteiger partial charge in [0, 0.05) is 19.3 Å². The molecule has 0 heterocycles. The molecule has 0 aliphatic heterocycles. The molecule has 0 bridgehead atoms. The SMILES string of the molecule is CCCC(F)(F)COP(=O)(OCC(F)(F)CCC)OCC(F)(F)CCC. The van der Waals surface area contributed by atoms with Gasteiger partial charge in [-0.1, -0.05) is 40.0 Å². The summed E-state index contributed by atoms with van der Waals surface area (Å²) in [6.45, 7) is 0.0652. The maximum Gasteiger partial charge on any atom is 0.475 e. The summed E-state index contributed by atoms with van der Waals surface area (Å²) < 4.78 is 106. The van der Waals surface area contributed by atoms with Crippen LogP contribution in [0.1, 0.15) is 59.3 Å². The monoisotopic (exact) mass is 416 g/mol. The van der Waals surface area contributed by atoms with Crippen LogP contribution in [0.2, 0.25) is 0 Å². The van der Waals surface area contributed by atoms with E-state index in [-0.39, 0.29) is 19.3 Å². The minimum Gasteiger partial charge on any atom is -0.281 e. The van der Waals surface area contributed by atoms with Gasteiger partial charge in [0.15, 0.2) is 0 Å². The molecule has 0 aliphatic carbocycles. The lowest BCUT2D eigenvalue weighted by atomic mass is 10.2. The molecule has 158 valence electrons. The quantitative estimate of drug-likeness (QED) is 0.227. The molecule has 0 atom stereocenters. The Morgan fingerprint density at radius 1 is 0.615 bits per heavy atom. The van der Waals surface area contributed by atoms with Gasteiger partial charge in [0.2, 0.25) is 0 Å². The van der Waals surface area contributed by atoms with Gasteiger partial charge in [-0.3, -0.25) is 13.6 Å². The lowest BCUT2D eigenvalue weighted by Crippen LogP contribution is -2.28. The zero-order valence-electron chi connectivity index (χ0n) is 15.2. The molecule has 0 saturated heterocycles. The summed E-state index contributed by atoms with van der Waals surface area (Å²) >= 11 is 0. The predicted molar refractivity (Wildman–Crippen MR) is 85.0 cm³/mol. The van der Waals surface area contributed by atoms with Crippen molar-refractivity contribution in [3.8, 4) is 0 Å². The number of hydrogen-bond donors (Lipinski definition) is 0. The highest BCUT2D eigenvalue weighted by atomic mass is 31.2. The van der Waals surface area contributed by atoms with Crippen molar-refractivity contribution in [2.75, 3.05) is 19.8 Å². The summed E-state index contributed by atoms with van der Waals surface area (Å²) in [6.07, 6.45) is -1.64. The number of alkyl halides is 6. The Morgan fingerprint density at radius 2 is 0.846 bits per heavy atom. The second kappa shape index (κ2) is 10.9. The molecule has 26 heavy (non-hydrogen) atoms. The molecule has 0 aromatic carbocycles. The standard InChI is InChI=1S/C15H27F6O4P/c1-4-7-13(16,17)10-23-26(22,24-11-14(18,19)8-5-2)25-12-15(20,21)9-6-3/h4-12H2,1-3H3. The van der Waals surface area contributed by atoms with E-state index in [9.17, 15) is 30.9 Å². The van der Waals surface area contributed by atoms with Crippen molar-refractivity contribution in [1.29, 1.82) is 0 Å². The van der Waals surface area contributed by atoms with Crippen LogP contribution in [0.5, 0.6) is 0 Å². The van der Waals surface area contributed by atoms with E-state index in [4.69, 9.17) is 0 Å². The molecule has 4 nitrogen and oxygen atoms in total. The van der Waals surface area contributed by atoms with E-state index in [1.165, 1.54) is 20.8 Å². The first-order valence-corrected chi connectivity index (χ1v) is 9.93. The normalized spacial score (nSPS) is 14.0. The topological polar surface area (TPSA) is 44.8 Å². The molecule has 0 aliphatic rings. The summed E-state index contributed by atoms with van der Waals surface area (Å²) in [7, 11) is -5.02. The first-order chi connectivity index (χ1) is 11.8. The Balaban J connectivity index is 5.04. The number of halogens is 6. The lowest BCUT2D eigenvalue weighted by molar-refractivity contribution is -0.0931. The molecule has 0 aromatic rings. The molecule has 0 aromatic heterocycles. The first kappa shape index (κ1) is 25.7. The highest BCUT2D eigenvalue weighted by molar-refractivity contribution is 7.48. The van der Waals surface area contributed by atoms with Crippen LogP contribution < -0.4 is 0 Å². The third-order valence-corrected chi connectivity index (χ3v) is 4.48. The predicted octanol–water partition coefficient (Wildman–Crippen LogP) is 6.45. The van der Waals surface area contributed by atoms with Crippen LogP contribution in [0.4, 0.5) is 26.3 Å². The molecule has 0 unspecified atom stereocenters. The Hall–Kier alpha value is -0.310. The van der Waals surface area contributed by atoms with E-state index < -0.39 is 64.7 Å². The fourth-order valence-corrected chi connectivity index (χ4v) is 3.21. The molecule has 11 heteroatoms. The van der Waals surface area contributed by atoms with Crippen LogP contribution in [-0.2, 0) is 18.1 Å². The summed E-state index contributed by atoms with van der Waals surface area (Å²) in [5, 5.41) is 0. The van der Waals surface area contributed by atoms with Crippen LogP contribution in [0.25, 0.3) is 0 Å². The van der Waals surface area contributed by atoms with Gasteiger partial charge in [0.25, 0.3) is 17.8 Å². The van der Waals surface area contributed by atoms with Gasteiger partial charge in [-0.15, -0.1) is 0 Å². The number of phosphoric ester groups is 1. The van der Waals surface area contributed by atoms with Crippen LogP contribution in [0.3, 0.4) is 0 Å². The highest BCUT2D eigenvalue weighted by Gasteiger charge is 2.41. The van der Waals surface area contributed by atoms with Crippen molar-refractivity contribution in [2.24, 2.45) is 0 Å². The molecular weight excluding hydrogens is 389 g/mol. The Labute approximate surface area is 150 Å². The molecule has 0 amide bonds. The van der Waals surface area contributed by atoms with Gasteiger partial charge < -0.3 is 0 Å². The summed E-state index contributed by atoms with van der Waals surface area (Å²) in [5.74, 6) is -10.3. The van der Waals surface area contributed by atoms with E-state index in [0.717, 1.165) is 0 Å². The van der Waals surface area contributed by atoms with Gasteiger partial charge in [0.1, 0.15) is 19.8 Å². The van der Waals surface area contributed by atoms with E-state index in [2.05, 4.69) is 13.6 Å². The second-order valence-corrected chi connectivity index (χ2v) is 7.75. The van der Waals surface area contributed by atoms with Gasteiger partial charge in [-0.25, -0.2) is 30.9 Å². The zero-order valence-corrected chi connectivity index (χ0v) is 16.1. The Kier molecular flexibility index (Phi) is 10.7. The first-order valence-electron chi connectivity index (χ1n) is 8.47. The van der Waals surface area contributed by atoms with Crippen molar-refractivity contribution in [3.05, 3.63) is 0 Å². The number of hydrogen-bond acceptors (Lipinski definition) is 4. The average molecular weight is 416 g/mol. The van der Waals surface area contributed by atoms with Crippen LogP contribution >= 0.6 is 7.82 Å². The van der Waals surface area contributed by atoms with Gasteiger partial charge >= 0.3 is 7.82 Å². The van der Waals surface area contributed by atoms with Crippen molar-refractivity contribution in [3.63, 3.8) is 0 Å². The Morgan fingerprint density at radius 3 is 1.04 bits per heavy atom. The van der Waals surface area contributed by atoms with E-state index in [1.54, 1.807) is 0 Å². The fraction of sp³-hybridized carbons (Fsp3) is 1.00.